The molecule has 0 saturated heterocycles. The number of aryl methyl sites for hydroxylation is 1. The van der Waals surface area contributed by atoms with E-state index in [2.05, 4.69) is 21.0 Å². The third-order valence-electron chi connectivity index (χ3n) is 2.16. The molecule has 4 nitrogen and oxygen atoms in total. The zero-order valence-corrected chi connectivity index (χ0v) is 10.2. The molecule has 1 rings (SSSR count). The molecule has 0 spiro atoms. The number of carbonyl (C=O) groups is 1. The van der Waals surface area contributed by atoms with E-state index in [1.54, 1.807) is 36.1 Å². The van der Waals surface area contributed by atoms with Crippen LogP contribution in [0.3, 0.4) is 0 Å². The SMILES string of the molecule is CC(CBr)N(C)C(=O)c1cnn(C)c1. The van der Waals surface area contributed by atoms with Crippen LogP contribution in [0.5, 0.6) is 0 Å². The Balaban J connectivity index is 2.75. The van der Waals surface area contributed by atoms with E-state index in [4.69, 9.17) is 0 Å². The zero-order valence-electron chi connectivity index (χ0n) is 8.57. The van der Waals surface area contributed by atoms with Gasteiger partial charge in [-0.1, -0.05) is 15.9 Å². The molecule has 0 bridgehead atoms. The summed E-state index contributed by atoms with van der Waals surface area (Å²) >= 11 is 3.35. The number of alkyl halides is 1. The highest BCUT2D eigenvalue weighted by molar-refractivity contribution is 9.09. The first-order valence-corrected chi connectivity index (χ1v) is 5.50. The lowest BCUT2D eigenvalue weighted by Gasteiger charge is -2.22. The van der Waals surface area contributed by atoms with Gasteiger partial charge in [0, 0.05) is 31.7 Å². The number of carbonyl (C=O) groups excluding carboxylic acids is 1. The number of rotatable bonds is 3. The molecule has 5 heteroatoms. The first-order valence-electron chi connectivity index (χ1n) is 4.38. The molecule has 0 aromatic carbocycles. The van der Waals surface area contributed by atoms with E-state index in [9.17, 15) is 4.79 Å². The van der Waals surface area contributed by atoms with Crippen LogP contribution in [0.25, 0.3) is 0 Å². The van der Waals surface area contributed by atoms with E-state index in [0.717, 1.165) is 5.33 Å². The van der Waals surface area contributed by atoms with Crippen LogP contribution in [0.4, 0.5) is 0 Å². The van der Waals surface area contributed by atoms with Gasteiger partial charge in [-0.25, -0.2) is 0 Å². The molecule has 0 N–H and O–H groups in total. The molecular formula is C9H14BrN3O. The second-order valence-electron chi connectivity index (χ2n) is 3.32. The Kier molecular flexibility index (Phi) is 3.69. The lowest BCUT2D eigenvalue weighted by molar-refractivity contribution is 0.0758. The van der Waals surface area contributed by atoms with E-state index >= 15 is 0 Å². The summed E-state index contributed by atoms with van der Waals surface area (Å²) in [7, 11) is 3.59. The van der Waals surface area contributed by atoms with Gasteiger partial charge in [-0.2, -0.15) is 5.10 Å². The number of hydrogen-bond donors (Lipinski definition) is 0. The molecule has 14 heavy (non-hydrogen) atoms. The highest BCUT2D eigenvalue weighted by Crippen LogP contribution is 2.06. The summed E-state index contributed by atoms with van der Waals surface area (Å²) in [6, 6.07) is 0.183. The van der Waals surface area contributed by atoms with Crippen LogP contribution in [0, 0.1) is 0 Å². The predicted octanol–water partition coefficient (Wildman–Crippen LogP) is 1.28. The zero-order chi connectivity index (χ0) is 10.7. The minimum atomic E-state index is 0.00468. The minimum absolute atomic E-state index is 0.00468. The molecule has 0 fully saturated rings. The van der Waals surface area contributed by atoms with E-state index in [1.807, 2.05) is 6.92 Å². The normalized spacial score (nSPS) is 12.6. The molecule has 1 heterocycles. The fourth-order valence-corrected chi connectivity index (χ4v) is 1.47. The second-order valence-corrected chi connectivity index (χ2v) is 3.97. The van der Waals surface area contributed by atoms with Crippen molar-refractivity contribution in [1.29, 1.82) is 0 Å². The number of halogens is 1. The monoisotopic (exact) mass is 259 g/mol. The quantitative estimate of drug-likeness (QED) is 0.768. The Morgan fingerprint density at radius 1 is 1.79 bits per heavy atom. The van der Waals surface area contributed by atoms with Gasteiger partial charge in [0.25, 0.3) is 5.91 Å². The van der Waals surface area contributed by atoms with Crippen LogP contribution in [0.15, 0.2) is 12.4 Å². The third kappa shape index (κ3) is 2.35. The fraction of sp³-hybridized carbons (Fsp3) is 0.556. The second kappa shape index (κ2) is 4.59. The van der Waals surface area contributed by atoms with Crippen molar-refractivity contribution >= 4 is 21.8 Å². The minimum Gasteiger partial charge on any atom is -0.338 e. The summed E-state index contributed by atoms with van der Waals surface area (Å²) in [6.07, 6.45) is 3.31. The average molecular weight is 260 g/mol. The van der Waals surface area contributed by atoms with E-state index < -0.39 is 0 Å². The highest BCUT2D eigenvalue weighted by Gasteiger charge is 2.17. The maximum atomic E-state index is 11.8. The average Bonchev–Trinajstić information content (AvgIpc) is 2.61. The van der Waals surface area contributed by atoms with Crippen molar-refractivity contribution in [3.05, 3.63) is 18.0 Å². The molecule has 1 unspecified atom stereocenters. The number of hydrogen-bond acceptors (Lipinski definition) is 2. The van der Waals surface area contributed by atoms with Gasteiger partial charge in [-0.3, -0.25) is 9.48 Å². The van der Waals surface area contributed by atoms with Crippen molar-refractivity contribution in [2.45, 2.75) is 13.0 Å². The smallest absolute Gasteiger partial charge is 0.257 e. The number of aromatic nitrogens is 2. The molecule has 1 aromatic heterocycles. The molecule has 0 saturated carbocycles. The van der Waals surface area contributed by atoms with E-state index in [0.29, 0.717) is 5.56 Å². The van der Waals surface area contributed by atoms with Crippen molar-refractivity contribution in [3.63, 3.8) is 0 Å². The van der Waals surface area contributed by atoms with E-state index in [1.165, 1.54) is 0 Å². The van der Waals surface area contributed by atoms with Gasteiger partial charge < -0.3 is 4.90 Å². The van der Waals surface area contributed by atoms with Gasteiger partial charge in [0.05, 0.1) is 11.8 Å². The molecular weight excluding hydrogens is 246 g/mol. The first kappa shape index (κ1) is 11.2. The van der Waals surface area contributed by atoms with Crippen molar-refractivity contribution in [1.82, 2.24) is 14.7 Å². The van der Waals surface area contributed by atoms with Crippen LogP contribution in [-0.4, -0.2) is 39.0 Å². The molecule has 1 amide bonds. The van der Waals surface area contributed by atoms with Crippen LogP contribution < -0.4 is 0 Å². The third-order valence-corrected chi connectivity index (χ3v) is 3.09. The molecule has 1 aromatic rings. The van der Waals surface area contributed by atoms with Gasteiger partial charge in [0.1, 0.15) is 0 Å². The summed E-state index contributed by atoms with van der Waals surface area (Å²) in [4.78, 5) is 13.5. The maximum absolute atomic E-state index is 11.8. The lowest BCUT2D eigenvalue weighted by atomic mass is 10.2. The Labute approximate surface area is 92.0 Å². The summed E-state index contributed by atoms with van der Waals surface area (Å²) < 4.78 is 1.62. The Hall–Kier alpha value is -0.840. The van der Waals surface area contributed by atoms with Crippen LogP contribution >= 0.6 is 15.9 Å². The molecule has 0 aliphatic rings. The van der Waals surface area contributed by atoms with Gasteiger partial charge in [0.2, 0.25) is 0 Å². The van der Waals surface area contributed by atoms with E-state index in [-0.39, 0.29) is 11.9 Å². The lowest BCUT2D eigenvalue weighted by Crippen LogP contribution is -2.35. The van der Waals surface area contributed by atoms with Crippen LogP contribution in [0.1, 0.15) is 17.3 Å². The largest absolute Gasteiger partial charge is 0.338 e. The van der Waals surface area contributed by atoms with Crippen molar-refractivity contribution < 1.29 is 4.79 Å². The predicted molar refractivity (Wildman–Crippen MR) is 58.6 cm³/mol. The van der Waals surface area contributed by atoms with Crippen molar-refractivity contribution in [3.8, 4) is 0 Å². The Morgan fingerprint density at radius 3 is 2.86 bits per heavy atom. The molecule has 1 atom stereocenters. The standard InChI is InChI=1S/C9H14BrN3O/c1-7(4-10)13(3)9(14)8-5-11-12(2)6-8/h5-7H,4H2,1-3H3. The Bertz CT molecular complexity index is 324. The summed E-state index contributed by atoms with van der Waals surface area (Å²) in [5.74, 6) is 0.00468. The molecule has 78 valence electrons. The van der Waals surface area contributed by atoms with Gasteiger partial charge in [0.15, 0.2) is 0 Å². The molecule has 0 aliphatic carbocycles. The number of amides is 1. The number of nitrogens with zero attached hydrogens (tertiary/aromatic N) is 3. The topological polar surface area (TPSA) is 38.1 Å². The summed E-state index contributed by atoms with van der Waals surface area (Å²) in [5, 5.41) is 4.74. The van der Waals surface area contributed by atoms with Gasteiger partial charge in [-0.05, 0) is 6.92 Å². The highest BCUT2D eigenvalue weighted by atomic mass is 79.9. The Morgan fingerprint density at radius 2 is 2.43 bits per heavy atom. The van der Waals surface area contributed by atoms with Gasteiger partial charge >= 0.3 is 0 Å². The fourth-order valence-electron chi connectivity index (χ4n) is 1.04. The van der Waals surface area contributed by atoms with Crippen LogP contribution in [-0.2, 0) is 7.05 Å². The molecule has 0 radical (unpaired) electrons. The van der Waals surface area contributed by atoms with Crippen LogP contribution in [0.2, 0.25) is 0 Å². The first-order chi connectivity index (χ1) is 6.56. The summed E-state index contributed by atoms with van der Waals surface area (Å²) in [5.41, 5.74) is 0.628. The van der Waals surface area contributed by atoms with Gasteiger partial charge in [-0.15, -0.1) is 0 Å². The van der Waals surface area contributed by atoms with Crippen molar-refractivity contribution in [2.24, 2.45) is 7.05 Å². The maximum Gasteiger partial charge on any atom is 0.257 e. The van der Waals surface area contributed by atoms with Crippen molar-refractivity contribution in [2.75, 3.05) is 12.4 Å². The summed E-state index contributed by atoms with van der Waals surface area (Å²) in [6.45, 7) is 1.99. The molecule has 0 aliphatic heterocycles.